The molecule has 1 aliphatic rings. The predicted octanol–water partition coefficient (Wildman–Crippen LogP) is 1.68. The Morgan fingerprint density at radius 1 is 1.42 bits per heavy atom. The molecule has 1 amide bonds. The van der Waals surface area contributed by atoms with E-state index in [0.29, 0.717) is 31.6 Å². The van der Waals surface area contributed by atoms with Gasteiger partial charge in [0.2, 0.25) is 15.9 Å². The molecule has 1 saturated heterocycles. The van der Waals surface area contributed by atoms with Crippen LogP contribution in [0.3, 0.4) is 0 Å². The van der Waals surface area contributed by atoms with Crippen molar-refractivity contribution in [1.82, 2.24) is 14.1 Å². The largest absolute Gasteiger partial charge is 0.323 e. The molecule has 26 heavy (non-hydrogen) atoms. The SMILES string of the molecule is CS(=O)(=O)N1CCC[C@@H](C(=O)Nc2cnn(Cc3cccc(F)c3)c2)C1. The van der Waals surface area contributed by atoms with E-state index in [-0.39, 0.29) is 24.2 Å². The summed E-state index contributed by atoms with van der Waals surface area (Å²) >= 11 is 0. The monoisotopic (exact) mass is 380 g/mol. The minimum absolute atomic E-state index is 0.197. The Balaban J connectivity index is 1.61. The summed E-state index contributed by atoms with van der Waals surface area (Å²) in [6.07, 6.45) is 5.65. The number of anilines is 1. The van der Waals surface area contributed by atoms with E-state index in [4.69, 9.17) is 0 Å². The van der Waals surface area contributed by atoms with Crippen LogP contribution in [0.5, 0.6) is 0 Å². The molecule has 140 valence electrons. The summed E-state index contributed by atoms with van der Waals surface area (Å²) in [6, 6.07) is 6.24. The van der Waals surface area contributed by atoms with Crippen LogP contribution in [0.15, 0.2) is 36.7 Å². The zero-order chi connectivity index (χ0) is 18.7. The molecule has 9 heteroatoms. The smallest absolute Gasteiger partial charge is 0.228 e. The van der Waals surface area contributed by atoms with Gasteiger partial charge in [-0.15, -0.1) is 0 Å². The fraction of sp³-hybridized carbons (Fsp3) is 0.412. The molecule has 0 radical (unpaired) electrons. The van der Waals surface area contributed by atoms with Crippen LogP contribution in [-0.4, -0.2) is 47.8 Å². The van der Waals surface area contributed by atoms with Gasteiger partial charge in [0.1, 0.15) is 5.82 Å². The number of piperidine rings is 1. The first-order valence-electron chi connectivity index (χ1n) is 8.34. The van der Waals surface area contributed by atoms with E-state index in [0.717, 1.165) is 11.8 Å². The van der Waals surface area contributed by atoms with E-state index in [1.165, 1.54) is 22.6 Å². The third-order valence-electron chi connectivity index (χ3n) is 4.36. The van der Waals surface area contributed by atoms with E-state index in [2.05, 4.69) is 10.4 Å². The van der Waals surface area contributed by atoms with Crippen LogP contribution < -0.4 is 5.32 Å². The summed E-state index contributed by atoms with van der Waals surface area (Å²) < 4.78 is 39.5. The first-order valence-corrected chi connectivity index (χ1v) is 10.2. The van der Waals surface area contributed by atoms with Gasteiger partial charge < -0.3 is 5.32 Å². The lowest BCUT2D eigenvalue weighted by molar-refractivity contribution is -0.120. The number of carbonyl (C=O) groups is 1. The maximum Gasteiger partial charge on any atom is 0.228 e. The quantitative estimate of drug-likeness (QED) is 0.855. The molecule has 1 aliphatic heterocycles. The molecule has 2 heterocycles. The third-order valence-corrected chi connectivity index (χ3v) is 5.63. The van der Waals surface area contributed by atoms with Gasteiger partial charge in [0.15, 0.2) is 0 Å². The number of rotatable bonds is 5. The lowest BCUT2D eigenvalue weighted by Gasteiger charge is -2.29. The molecule has 3 rings (SSSR count). The Bertz CT molecular complexity index is 897. The van der Waals surface area contributed by atoms with Crippen molar-refractivity contribution >= 4 is 21.6 Å². The van der Waals surface area contributed by atoms with E-state index >= 15 is 0 Å². The van der Waals surface area contributed by atoms with Crippen LogP contribution >= 0.6 is 0 Å². The summed E-state index contributed by atoms with van der Waals surface area (Å²) in [5.41, 5.74) is 1.30. The summed E-state index contributed by atoms with van der Waals surface area (Å²) in [6.45, 7) is 1.04. The Labute approximate surface area is 151 Å². The van der Waals surface area contributed by atoms with Crippen LogP contribution in [0.25, 0.3) is 0 Å². The van der Waals surface area contributed by atoms with E-state index in [1.807, 2.05) is 0 Å². The Hall–Kier alpha value is -2.26. The molecule has 1 atom stereocenters. The Morgan fingerprint density at radius 3 is 2.96 bits per heavy atom. The molecule has 0 spiro atoms. The minimum Gasteiger partial charge on any atom is -0.323 e. The summed E-state index contributed by atoms with van der Waals surface area (Å²) in [5.74, 6) is -0.912. The molecular formula is C17H21FN4O3S. The number of halogens is 1. The minimum atomic E-state index is -3.29. The zero-order valence-corrected chi connectivity index (χ0v) is 15.2. The number of hydrogen-bond acceptors (Lipinski definition) is 4. The highest BCUT2D eigenvalue weighted by Gasteiger charge is 2.30. The number of sulfonamides is 1. The fourth-order valence-electron chi connectivity index (χ4n) is 3.04. The molecule has 0 aliphatic carbocycles. The number of benzene rings is 1. The molecule has 0 unspecified atom stereocenters. The van der Waals surface area contributed by atoms with Crippen molar-refractivity contribution in [3.05, 3.63) is 48.0 Å². The predicted molar refractivity (Wildman–Crippen MR) is 95.5 cm³/mol. The van der Waals surface area contributed by atoms with Gasteiger partial charge in [-0.2, -0.15) is 5.10 Å². The first-order chi connectivity index (χ1) is 12.3. The Morgan fingerprint density at radius 2 is 2.23 bits per heavy atom. The summed E-state index contributed by atoms with van der Waals surface area (Å²) in [7, 11) is -3.29. The van der Waals surface area contributed by atoms with Gasteiger partial charge in [-0.25, -0.2) is 17.1 Å². The highest BCUT2D eigenvalue weighted by molar-refractivity contribution is 7.88. The molecule has 0 bridgehead atoms. The fourth-order valence-corrected chi connectivity index (χ4v) is 3.95. The first kappa shape index (κ1) is 18.5. The van der Waals surface area contributed by atoms with Gasteiger partial charge in [0, 0.05) is 19.3 Å². The number of amides is 1. The zero-order valence-electron chi connectivity index (χ0n) is 14.4. The summed E-state index contributed by atoms with van der Waals surface area (Å²) in [4.78, 5) is 12.4. The van der Waals surface area contributed by atoms with Crippen molar-refractivity contribution in [3.8, 4) is 0 Å². The average molecular weight is 380 g/mol. The second-order valence-electron chi connectivity index (χ2n) is 6.51. The molecule has 2 aromatic rings. The second-order valence-corrected chi connectivity index (χ2v) is 8.49. The van der Waals surface area contributed by atoms with Gasteiger partial charge in [0.25, 0.3) is 0 Å². The van der Waals surface area contributed by atoms with E-state index in [1.54, 1.807) is 23.0 Å². The van der Waals surface area contributed by atoms with E-state index < -0.39 is 10.0 Å². The molecule has 1 N–H and O–H groups in total. The average Bonchev–Trinajstić information content (AvgIpc) is 3.01. The lowest BCUT2D eigenvalue weighted by Crippen LogP contribution is -2.43. The molecule has 1 fully saturated rings. The maximum atomic E-state index is 13.2. The number of aromatic nitrogens is 2. The number of carbonyl (C=O) groups excluding carboxylic acids is 1. The molecule has 0 saturated carbocycles. The lowest BCUT2D eigenvalue weighted by atomic mass is 9.99. The van der Waals surface area contributed by atoms with Gasteiger partial charge in [-0.05, 0) is 30.5 Å². The van der Waals surface area contributed by atoms with Crippen molar-refractivity contribution in [3.63, 3.8) is 0 Å². The standard InChI is InChI=1S/C17H21FN4O3S/c1-26(24,25)22-7-3-5-14(11-22)17(23)20-16-9-19-21(12-16)10-13-4-2-6-15(18)8-13/h2,4,6,8-9,12,14H,3,5,7,10-11H2,1H3,(H,20,23)/t14-/m1/s1. The van der Waals surface area contributed by atoms with E-state index in [9.17, 15) is 17.6 Å². The van der Waals surface area contributed by atoms with Gasteiger partial charge in [-0.3, -0.25) is 9.48 Å². The van der Waals surface area contributed by atoms with Crippen molar-refractivity contribution in [2.45, 2.75) is 19.4 Å². The van der Waals surface area contributed by atoms with Crippen molar-refractivity contribution in [2.24, 2.45) is 5.92 Å². The van der Waals surface area contributed by atoms with Crippen molar-refractivity contribution in [1.29, 1.82) is 0 Å². The number of nitrogens with zero attached hydrogens (tertiary/aromatic N) is 3. The number of nitrogens with one attached hydrogen (secondary N) is 1. The Kier molecular flexibility index (Phi) is 5.38. The van der Waals surface area contributed by atoms with Crippen LogP contribution in [0.4, 0.5) is 10.1 Å². The van der Waals surface area contributed by atoms with Crippen LogP contribution in [0.2, 0.25) is 0 Å². The second kappa shape index (κ2) is 7.55. The molecule has 1 aromatic carbocycles. The highest BCUT2D eigenvalue weighted by Crippen LogP contribution is 2.20. The molecular weight excluding hydrogens is 359 g/mol. The normalized spacial score (nSPS) is 18.6. The topological polar surface area (TPSA) is 84.3 Å². The van der Waals surface area contributed by atoms with Gasteiger partial charge in [0.05, 0.1) is 30.6 Å². The molecule has 7 nitrogen and oxygen atoms in total. The van der Waals surface area contributed by atoms with Gasteiger partial charge in [-0.1, -0.05) is 12.1 Å². The van der Waals surface area contributed by atoms with Gasteiger partial charge >= 0.3 is 0 Å². The third kappa shape index (κ3) is 4.67. The van der Waals surface area contributed by atoms with Crippen LogP contribution in [-0.2, 0) is 21.4 Å². The van der Waals surface area contributed by atoms with Crippen molar-refractivity contribution in [2.75, 3.05) is 24.7 Å². The van der Waals surface area contributed by atoms with Crippen LogP contribution in [0.1, 0.15) is 18.4 Å². The van der Waals surface area contributed by atoms with Crippen molar-refractivity contribution < 1.29 is 17.6 Å². The maximum absolute atomic E-state index is 13.2. The number of hydrogen-bond donors (Lipinski definition) is 1. The summed E-state index contributed by atoms with van der Waals surface area (Å²) in [5, 5.41) is 6.95. The molecule has 1 aromatic heterocycles. The highest BCUT2D eigenvalue weighted by atomic mass is 32.2. The van der Waals surface area contributed by atoms with Crippen LogP contribution in [0, 0.1) is 11.7 Å².